The lowest BCUT2D eigenvalue weighted by Gasteiger charge is -2.04. The summed E-state index contributed by atoms with van der Waals surface area (Å²) >= 11 is 0. The highest BCUT2D eigenvalue weighted by molar-refractivity contribution is 5.89. The minimum absolute atomic E-state index is 0.383. The molecule has 0 saturated heterocycles. The molecule has 16 heavy (non-hydrogen) atoms. The zero-order chi connectivity index (χ0) is 11.4. The summed E-state index contributed by atoms with van der Waals surface area (Å²) in [6.07, 6.45) is 1.39. The first-order valence-corrected chi connectivity index (χ1v) is 4.73. The summed E-state index contributed by atoms with van der Waals surface area (Å²) in [5.74, 6) is -0.561. The van der Waals surface area contributed by atoms with Gasteiger partial charge >= 0.3 is 5.97 Å². The quantitative estimate of drug-likeness (QED) is 0.754. The van der Waals surface area contributed by atoms with Gasteiger partial charge in [-0.05, 0) is 18.2 Å². The Morgan fingerprint density at radius 2 is 1.69 bits per heavy atom. The largest absolute Gasteiger partial charge is 0.363 e. The maximum absolute atomic E-state index is 11.6. The number of pyridine rings is 1. The maximum atomic E-state index is 11.6. The van der Waals surface area contributed by atoms with E-state index >= 15 is 0 Å². The fraction of sp³-hybridized carbons (Fsp3) is 0. The lowest BCUT2D eigenvalue weighted by Crippen LogP contribution is -2.29. The topological polar surface area (TPSA) is 48.3 Å². The SMILES string of the molecule is O=C(On1ccccc1=O)c1ccccc1. The lowest BCUT2D eigenvalue weighted by atomic mass is 10.2. The van der Waals surface area contributed by atoms with E-state index < -0.39 is 5.97 Å². The van der Waals surface area contributed by atoms with Crippen LogP contribution >= 0.6 is 0 Å². The molecule has 0 amide bonds. The van der Waals surface area contributed by atoms with Crippen LogP contribution in [-0.4, -0.2) is 10.7 Å². The molecular formula is C12H9NO3. The van der Waals surface area contributed by atoms with Crippen molar-refractivity contribution in [1.82, 2.24) is 4.73 Å². The minimum Gasteiger partial charge on any atom is -0.328 e. The molecule has 0 spiro atoms. The Hall–Kier alpha value is -2.36. The molecule has 0 saturated carbocycles. The number of nitrogens with zero attached hydrogens (tertiary/aromatic N) is 1. The Morgan fingerprint density at radius 3 is 2.38 bits per heavy atom. The summed E-state index contributed by atoms with van der Waals surface area (Å²) in [7, 11) is 0. The third-order valence-corrected chi connectivity index (χ3v) is 1.98. The molecule has 0 bridgehead atoms. The normalized spacial score (nSPS) is 9.75. The van der Waals surface area contributed by atoms with Gasteiger partial charge < -0.3 is 4.84 Å². The molecule has 2 aromatic rings. The minimum atomic E-state index is -0.561. The second kappa shape index (κ2) is 4.44. The van der Waals surface area contributed by atoms with Crippen molar-refractivity contribution >= 4 is 5.97 Å². The van der Waals surface area contributed by atoms with E-state index in [0.717, 1.165) is 4.73 Å². The van der Waals surface area contributed by atoms with Crippen LogP contribution in [-0.2, 0) is 0 Å². The van der Waals surface area contributed by atoms with Crippen molar-refractivity contribution in [2.75, 3.05) is 0 Å². The zero-order valence-electron chi connectivity index (χ0n) is 8.37. The van der Waals surface area contributed by atoms with Gasteiger partial charge in [0.15, 0.2) is 0 Å². The molecule has 0 unspecified atom stereocenters. The Bertz CT molecular complexity index is 545. The predicted molar refractivity (Wildman–Crippen MR) is 58.1 cm³/mol. The highest BCUT2D eigenvalue weighted by Crippen LogP contribution is 1.98. The lowest BCUT2D eigenvalue weighted by molar-refractivity contribution is 0.0443. The van der Waals surface area contributed by atoms with Crippen LogP contribution in [0.4, 0.5) is 0 Å². The number of aromatic nitrogens is 1. The van der Waals surface area contributed by atoms with Crippen molar-refractivity contribution in [3.05, 3.63) is 70.6 Å². The van der Waals surface area contributed by atoms with Crippen molar-refractivity contribution in [3.63, 3.8) is 0 Å². The fourth-order valence-electron chi connectivity index (χ4n) is 1.20. The van der Waals surface area contributed by atoms with E-state index in [4.69, 9.17) is 4.84 Å². The van der Waals surface area contributed by atoms with Crippen molar-refractivity contribution < 1.29 is 9.63 Å². The maximum Gasteiger partial charge on any atom is 0.363 e. The molecule has 0 radical (unpaired) electrons. The van der Waals surface area contributed by atoms with Gasteiger partial charge in [0.2, 0.25) is 0 Å². The Balaban J connectivity index is 2.21. The molecule has 2 rings (SSSR count). The van der Waals surface area contributed by atoms with Gasteiger partial charge in [-0.1, -0.05) is 24.3 Å². The van der Waals surface area contributed by atoms with Gasteiger partial charge in [0.25, 0.3) is 5.56 Å². The second-order valence-electron chi connectivity index (χ2n) is 3.11. The van der Waals surface area contributed by atoms with E-state index in [1.54, 1.807) is 42.5 Å². The van der Waals surface area contributed by atoms with Crippen LogP contribution in [0.5, 0.6) is 0 Å². The summed E-state index contributed by atoms with van der Waals surface area (Å²) in [6.45, 7) is 0. The second-order valence-corrected chi connectivity index (χ2v) is 3.11. The fourth-order valence-corrected chi connectivity index (χ4v) is 1.20. The van der Waals surface area contributed by atoms with E-state index in [9.17, 15) is 9.59 Å². The third kappa shape index (κ3) is 2.17. The van der Waals surface area contributed by atoms with Gasteiger partial charge in [0.1, 0.15) is 0 Å². The van der Waals surface area contributed by atoms with Crippen LogP contribution in [0.2, 0.25) is 0 Å². The van der Waals surface area contributed by atoms with Gasteiger partial charge in [-0.25, -0.2) is 4.79 Å². The summed E-state index contributed by atoms with van der Waals surface area (Å²) < 4.78 is 0.898. The summed E-state index contributed by atoms with van der Waals surface area (Å²) in [5, 5.41) is 0. The van der Waals surface area contributed by atoms with E-state index in [0.29, 0.717) is 5.56 Å². The van der Waals surface area contributed by atoms with Crippen LogP contribution < -0.4 is 10.4 Å². The molecule has 0 N–H and O–H groups in total. The number of hydrogen-bond donors (Lipinski definition) is 0. The molecule has 4 nitrogen and oxygen atoms in total. The molecule has 80 valence electrons. The number of benzene rings is 1. The van der Waals surface area contributed by atoms with Crippen LogP contribution in [0.3, 0.4) is 0 Å². The van der Waals surface area contributed by atoms with Gasteiger partial charge in [-0.3, -0.25) is 4.79 Å². The molecular weight excluding hydrogens is 206 g/mol. The van der Waals surface area contributed by atoms with E-state index in [-0.39, 0.29) is 5.56 Å². The molecule has 0 atom stereocenters. The van der Waals surface area contributed by atoms with Gasteiger partial charge in [0, 0.05) is 12.3 Å². The highest BCUT2D eigenvalue weighted by Gasteiger charge is 2.07. The monoisotopic (exact) mass is 215 g/mol. The molecule has 1 aromatic carbocycles. The predicted octanol–water partition coefficient (Wildman–Crippen LogP) is 1.12. The molecule has 0 aliphatic heterocycles. The van der Waals surface area contributed by atoms with Gasteiger partial charge in [0.05, 0.1) is 5.56 Å². The standard InChI is InChI=1S/C12H9NO3/c14-11-8-4-5-9-13(11)16-12(15)10-6-2-1-3-7-10/h1-9H. The number of carbonyl (C=O) groups excluding carboxylic acids is 1. The number of hydrogen-bond acceptors (Lipinski definition) is 3. The van der Waals surface area contributed by atoms with Crippen molar-refractivity contribution in [2.24, 2.45) is 0 Å². The van der Waals surface area contributed by atoms with Crippen molar-refractivity contribution in [1.29, 1.82) is 0 Å². The average molecular weight is 215 g/mol. The van der Waals surface area contributed by atoms with Crippen LogP contribution in [0.15, 0.2) is 59.5 Å². The van der Waals surface area contributed by atoms with Gasteiger partial charge in [-0.15, -0.1) is 4.73 Å². The van der Waals surface area contributed by atoms with Crippen molar-refractivity contribution in [2.45, 2.75) is 0 Å². The molecule has 0 aliphatic carbocycles. The summed E-state index contributed by atoms with van der Waals surface area (Å²) in [5.41, 5.74) is 0.0186. The molecule has 4 heteroatoms. The Morgan fingerprint density at radius 1 is 1.00 bits per heavy atom. The number of rotatable bonds is 2. The van der Waals surface area contributed by atoms with Crippen molar-refractivity contribution in [3.8, 4) is 0 Å². The van der Waals surface area contributed by atoms with E-state index in [1.165, 1.54) is 12.3 Å². The third-order valence-electron chi connectivity index (χ3n) is 1.98. The van der Waals surface area contributed by atoms with Crippen LogP contribution in [0.25, 0.3) is 0 Å². The Kier molecular flexibility index (Phi) is 2.82. The number of carbonyl (C=O) groups is 1. The summed E-state index contributed by atoms with van der Waals surface area (Å²) in [4.78, 5) is 27.8. The van der Waals surface area contributed by atoms with E-state index in [2.05, 4.69) is 0 Å². The first-order chi connectivity index (χ1) is 7.77. The Labute approximate surface area is 91.7 Å². The molecule has 1 heterocycles. The summed E-state index contributed by atoms with van der Waals surface area (Å²) in [6, 6.07) is 13.0. The molecule has 1 aromatic heterocycles. The first kappa shape index (κ1) is 10.2. The van der Waals surface area contributed by atoms with Gasteiger partial charge in [-0.2, -0.15) is 0 Å². The first-order valence-electron chi connectivity index (χ1n) is 4.73. The van der Waals surface area contributed by atoms with Crippen LogP contribution in [0.1, 0.15) is 10.4 Å². The molecule has 0 fully saturated rings. The average Bonchev–Trinajstić information content (AvgIpc) is 2.33. The van der Waals surface area contributed by atoms with Crippen LogP contribution in [0, 0.1) is 0 Å². The molecule has 0 aliphatic rings. The van der Waals surface area contributed by atoms with E-state index in [1.807, 2.05) is 0 Å². The highest BCUT2D eigenvalue weighted by atomic mass is 16.7. The zero-order valence-corrected chi connectivity index (χ0v) is 8.37. The smallest absolute Gasteiger partial charge is 0.328 e.